The van der Waals surface area contributed by atoms with Crippen molar-refractivity contribution in [3.05, 3.63) is 0 Å². The monoisotopic (exact) mass is 298 g/mol. The van der Waals surface area contributed by atoms with E-state index in [1.165, 1.54) is 58.2 Å². The van der Waals surface area contributed by atoms with Crippen LogP contribution in [0.3, 0.4) is 0 Å². The van der Waals surface area contributed by atoms with Gasteiger partial charge < -0.3 is 15.3 Å². The summed E-state index contributed by atoms with van der Waals surface area (Å²) in [5.41, 5.74) is 0.549. The molecule has 0 bridgehead atoms. The molecule has 1 unspecified atom stereocenters. The second-order valence-electron chi connectivity index (χ2n) is 7.25. The van der Waals surface area contributed by atoms with E-state index in [-0.39, 0.29) is 12.1 Å². The number of likely N-dealkylation sites (tertiary alicyclic amines) is 1. The highest BCUT2D eigenvalue weighted by molar-refractivity contribution is 4.85. The molecule has 0 radical (unpaired) electrons. The molecule has 0 amide bonds. The molecule has 3 nitrogen and oxygen atoms in total. The summed E-state index contributed by atoms with van der Waals surface area (Å²) in [5.74, 6) is 0. The van der Waals surface area contributed by atoms with E-state index in [1.54, 1.807) is 0 Å². The van der Waals surface area contributed by atoms with E-state index in [9.17, 15) is 5.11 Å². The van der Waals surface area contributed by atoms with Gasteiger partial charge in [0.15, 0.2) is 0 Å². The van der Waals surface area contributed by atoms with Crippen LogP contribution >= 0.6 is 0 Å². The molecular weight excluding hydrogens is 260 g/mol. The highest BCUT2D eigenvalue weighted by atomic mass is 16.3. The zero-order valence-electron chi connectivity index (χ0n) is 14.9. The topological polar surface area (TPSA) is 35.5 Å². The molecule has 1 saturated heterocycles. The van der Waals surface area contributed by atoms with Gasteiger partial charge in [0.05, 0.1) is 6.61 Å². The summed E-state index contributed by atoms with van der Waals surface area (Å²) in [6.45, 7) is 13.9. The van der Waals surface area contributed by atoms with Gasteiger partial charge in [-0.05, 0) is 64.2 Å². The van der Waals surface area contributed by atoms with E-state index in [0.717, 1.165) is 13.0 Å². The average molecular weight is 299 g/mol. The first-order chi connectivity index (χ1) is 10.0. The summed E-state index contributed by atoms with van der Waals surface area (Å²) in [5, 5.41) is 12.9. The molecule has 1 fully saturated rings. The third kappa shape index (κ3) is 5.88. The molecular formula is C18H38N2O. The third-order valence-corrected chi connectivity index (χ3v) is 5.82. The molecule has 0 saturated carbocycles. The Hall–Kier alpha value is -0.120. The lowest BCUT2D eigenvalue weighted by Crippen LogP contribution is -2.45. The minimum Gasteiger partial charge on any atom is -0.394 e. The standard InChI is InChI=1S/C18H38N2O/c1-5-18(6-2)11-14-20(15-12-18)13-9-8-10-17(4,16-21)19-7-3/h19,21H,5-16H2,1-4H3. The van der Waals surface area contributed by atoms with E-state index < -0.39 is 0 Å². The molecule has 0 aliphatic carbocycles. The normalized spacial score (nSPS) is 22.1. The van der Waals surface area contributed by atoms with Crippen molar-refractivity contribution >= 4 is 0 Å². The Morgan fingerprint density at radius 2 is 1.71 bits per heavy atom. The maximum absolute atomic E-state index is 9.50. The minimum atomic E-state index is -0.0871. The molecule has 1 aliphatic heterocycles. The largest absolute Gasteiger partial charge is 0.394 e. The van der Waals surface area contributed by atoms with Crippen molar-refractivity contribution in [2.24, 2.45) is 5.41 Å². The van der Waals surface area contributed by atoms with Crippen LogP contribution in [0.4, 0.5) is 0 Å². The summed E-state index contributed by atoms with van der Waals surface area (Å²) in [6.07, 6.45) is 8.97. The summed E-state index contributed by atoms with van der Waals surface area (Å²) in [4.78, 5) is 2.65. The van der Waals surface area contributed by atoms with Crippen molar-refractivity contribution in [3.8, 4) is 0 Å². The Bertz CT molecular complexity index is 268. The first-order valence-electron chi connectivity index (χ1n) is 9.11. The van der Waals surface area contributed by atoms with Crippen molar-refractivity contribution in [1.82, 2.24) is 10.2 Å². The second-order valence-corrected chi connectivity index (χ2v) is 7.25. The van der Waals surface area contributed by atoms with Crippen LogP contribution < -0.4 is 5.32 Å². The fourth-order valence-corrected chi connectivity index (χ4v) is 3.71. The van der Waals surface area contributed by atoms with Crippen molar-refractivity contribution in [2.75, 3.05) is 32.8 Å². The van der Waals surface area contributed by atoms with Gasteiger partial charge in [0.1, 0.15) is 0 Å². The number of likely N-dealkylation sites (N-methyl/N-ethyl adjacent to an activating group) is 1. The molecule has 1 atom stereocenters. The number of nitrogens with one attached hydrogen (secondary N) is 1. The maximum Gasteiger partial charge on any atom is 0.0610 e. The number of aliphatic hydroxyl groups is 1. The van der Waals surface area contributed by atoms with Crippen LogP contribution in [0, 0.1) is 5.41 Å². The lowest BCUT2D eigenvalue weighted by molar-refractivity contribution is 0.0929. The first kappa shape index (κ1) is 18.9. The van der Waals surface area contributed by atoms with E-state index >= 15 is 0 Å². The van der Waals surface area contributed by atoms with Crippen LogP contribution in [0.5, 0.6) is 0 Å². The molecule has 0 spiro atoms. The lowest BCUT2D eigenvalue weighted by Gasteiger charge is -2.41. The Morgan fingerprint density at radius 3 is 2.19 bits per heavy atom. The zero-order chi connectivity index (χ0) is 15.8. The fraction of sp³-hybridized carbons (Fsp3) is 1.00. The van der Waals surface area contributed by atoms with Crippen LogP contribution in [0.25, 0.3) is 0 Å². The predicted octanol–water partition coefficient (Wildman–Crippen LogP) is 3.42. The molecule has 2 N–H and O–H groups in total. The Balaban J connectivity index is 2.20. The van der Waals surface area contributed by atoms with E-state index in [1.807, 2.05) is 0 Å². The van der Waals surface area contributed by atoms with E-state index in [0.29, 0.717) is 5.41 Å². The number of nitrogens with zero attached hydrogens (tertiary/aromatic N) is 1. The fourth-order valence-electron chi connectivity index (χ4n) is 3.71. The highest BCUT2D eigenvalue weighted by Crippen LogP contribution is 2.37. The van der Waals surface area contributed by atoms with Crippen molar-refractivity contribution in [2.45, 2.75) is 78.2 Å². The number of unbranched alkanes of at least 4 members (excludes halogenated alkanes) is 1. The smallest absolute Gasteiger partial charge is 0.0610 e. The second kappa shape index (κ2) is 9.12. The van der Waals surface area contributed by atoms with Crippen LogP contribution in [-0.4, -0.2) is 48.3 Å². The van der Waals surface area contributed by atoms with E-state index in [2.05, 4.69) is 37.9 Å². The molecule has 1 aliphatic rings. The van der Waals surface area contributed by atoms with Crippen molar-refractivity contribution in [1.29, 1.82) is 0 Å². The van der Waals surface area contributed by atoms with E-state index in [4.69, 9.17) is 0 Å². The van der Waals surface area contributed by atoms with Gasteiger partial charge in [0, 0.05) is 5.54 Å². The van der Waals surface area contributed by atoms with Gasteiger partial charge >= 0.3 is 0 Å². The molecule has 1 heterocycles. The Morgan fingerprint density at radius 1 is 1.10 bits per heavy atom. The van der Waals surface area contributed by atoms with Crippen molar-refractivity contribution < 1.29 is 5.11 Å². The van der Waals surface area contributed by atoms with Gasteiger partial charge in [-0.1, -0.05) is 40.0 Å². The lowest BCUT2D eigenvalue weighted by atomic mass is 9.74. The number of piperidine rings is 1. The van der Waals surface area contributed by atoms with Crippen LogP contribution in [0.1, 0.15) is 72.6 Å². The number of hydrogen-bond acceptors (Lipinski definition) is 3. The zero-order valence-corrected chi connectivity index (χ0v) is 14.9. The summed E-state index contributed by atoms with van der Waals surface area (Å²) in [6, 6.07) is 0. The minimum absolute atomic E-state index is 0.0871. The van der Waals surface area contributed by atoms with Gasteiger partial charge in [-0.3, -0.25) is 0 Å². The molecule has 1 rings (SSSR count). The summed E-state index contributed by atoms with van der Waals surface area (Å²) >= 11 is 0. The van der Waals surface area contributed by atoms with Gasteiger partial charge in [0.25, 0.3) is 0 Å². The maximum atomic E-state index is 9.50. The number of hydrogen-bond donors (Lipinski definition) is 2. The molecule has 3 heteroatoms. The SMILES string of the molecule is CCNC(C)(CO)CCCCN1CCC(CC)(CC)CC1. The van der Waals surface area contributed by atoms with Gasteiger partial charge in [-0.2, -0.15) is 0 Å². The summed E-state index contributed by atoms with van der Waals surface area (Å²) in [7, 11) is 0. The van der Waals surface area contributed by atoms with Crippen molar-refractivity contribution in [3.63, 3.8) is 0 Å². The highest BCUT2D eigenvalue weighted by Gasteiger charge is 2.30. The third-order valence-electron chi connectivity index (χ3n) is 5.82. The molecule has 0 aromatic rings. The number of aliphatic hydroxyl groups excluding tert-OH is 1. The van der Waals surface area contributed by atoms with Crippen LogP contribution in [0.2, 0.25) is 0 Å². The Kier molecular flexibility index (Phi) is 8.22. The molecule has 0 aromatic carbocycles. The number of rotatable bonds is 10. The van der Waals surface area contributed by atoms with Gasteiger partial charge in [0.2, 0.25) is 0 Å². The first-order valence-corrected chi connectivity index (χ1v) is 9.11. The molecule has 0 aromatic heterocycles. The average Bonchev–Trinajstić information content (AvgIpc) is 2.52. The van der Waals surface area contributed by atoms with Gasteiger partial charge in [-0.15, -0.1) is 0 Å². The molecule has 126 valence electrons. The van der Waals surface area contributed by atoms with Crippen LogP contribution in [0.15, 0.2) is 0 Å². The van der Waals surface area contributed by atoms with Crippen LogP contribution in [-0.2, 0) is 0 Å². The Labute approximate surface area is 132 Å². The summed E-state index contributed by atoms with van der Waals surface area (Å²) < 4.78 is 0. The quantitative estimate of drug-likeness (QED) is 0.607. The predicted molar refractivity (Wildman–Crippen MR) is 91.7 cm³/mol. The van der Waals surface area contributed by atoms with Gasteiger partial charge in [-0.25, -0.2) is 0 Å². The molecule has 21 heavy (non-hydrogen) atoms.